The number of nitrogens with one attached hydrogen (secondary N) is 1. The van der Waals surface area contributed by atoms with Crippen LogP contribution < -0.4 is 5.32 Å². The first kappa shape index (κ1) is 23.2. The van der Waals surface area contributed by atoms with Crippen molar-refractivity contribution < 1.29 is 9.53 Å². The Morgan fingerprint density at radius 1 is 1.13 bits per heavy atom. The van der Waals surface area contributed by atoms with Gasteiger partial charge >= 0.3 is 6.09 Å². The first-order valence-corrected chi connectivity index (χ1v) is 11.3. The van der Waals surface area contributed by atoms with Crippen molar-refractivity contribution in [1.29, 1.82) is 0 Å². The van der Waals surface area contributed by atoms with E-state index in [-0.39, 0.29) is 12.1 Å². The summed E-state index contributed by atoms with van der Waals surface area (Å²) in [5.41, 5.74) is 4.35. The molecule has 0 bridgehead atoms. The van der Waals surface area contributed by atoms with E-state index in [1.165, 1.54) is 16.8 Å². The summed E-state index contributed by atoms with van der Waals surface area (Å²) in [4.78, 5) is 23.8. The number of rotatable bonds is 6. The molecule has 2 aromatic heterocycles. The number of aryl methyl sites for hydroxylation is 2. The molecule has 2 atom stereocenters. The highest BCUT2D eigenvalue weighted by molar-refractivity contribution is 5.67. The van der Waals surface area contributed by atoms with Gasteiger partial charge in [-0.05, 0) is 90.1 Å². The summed E-state index contributed by atoms with van der Waals surface area (Å²) in [5, 5.41) is 2.85. The van der Waals surface area contributed by atoms with Crippen LogP contribution >= 0.6 is 0 Å². The number of hydrogen-bond donors (Lipinski definition) is 1. The van der Waals surface area contributed by atoms with Gasteiger partial charge in [0.25, 0.3) is 0 Å². The van der Waals surface area contributed by atoms with Crippen LogP contribution in [-0.2, 0) is 11.2 Å². The number of nitrogens with zero attached hydrogens (tertiary/aromatic N) is 3. The largest absolute Gasteiger partial charge is 0.444 e. The Morgan fingerprint density at radius 3 is 2.45 bits per heavy atom. The summed E-state index contributed by atoms with van der Waals surface area (Å²) in [7, 11) is 2.20. The van der Waals surface area contributed by atoms with Gasteiger partial charge in [-0.25, -0.2) is 4.79 Å². The normalized spacial score (nSPS) is 19.8. The molecule has 3 heterocycles. The monoisotopic (exact) mass is 424 g/mol. The molecule has 6 heteroatoms. The number of piperidine rings is 1. The van der Waals surface area contributed by atoms with Gasteiger partial charge < -0.3 is 10.1 Å². The summed E-state index contributed by atoms with van der Waals surface area (Å²) in [6, 6.07) is 8.90. The molecule has 3 rings (SSSR count). The molecule has 168 valence electrons. The Kier molecular flexibility index (Phi) is 7.65. The third-order valence-electron chi connectivity index (χ3n) is 5.84. The van der Waals surface area contributed by atoms with Gasteiger partial charge in [0.15, 0.2) is 0 Å². The molecule has 1 fully saturated rings. The van der Waals surface area contributed by atoms with Crippen molar-refractivity contribution in [2.24, 2.45) is 0 Å². The highest BCUT2D eigenvalue weighted by atomic mass is 16.6. The van der Waals surface area contributed by atoms with Crippen molar-refractivity contribution >= 4 is 6.09 Å². The second-order valence-corrected chi connectivity index (χ2v) is 9.41. The molecule has 2 aromatic rings. The lowest BCUT2D eigenvalue weighted by molar-refractivity contribution is 0.0527. The molecule has 1 amide bonds. The van der Waals surface area contributed by atoms with Crippen molar-refractivity contribution in [1.82, 2.24) is 20.2 Å². The Hall–Kier alpha value is -2.47. The number of pyridine rings is 2. The quantitative estimate of drug-likeness (QED) is 0.650. The summed E-state index contributed by atoms with van der Waals surface area (Å²) in [6.07, 6.45) is 8.51. The molecule has 0 radical (unpaired) electrons. The summed E-state index contributed by atoms with van der Waals surface area (Å²) < 4.78 is 5.31. The maximum absolute atomic E-state index is 11.9. The molecular weight excluding hydrogens is 388 g/mol. The van der Waals surface area contributed by atoms with E-state index in [1.807, 2.05) is 45.3 Å². The fourth-order valence-corrected chi connectivity index (χ4v) is 4.38. The van der Waals surface area contributed by atoms with Gasteiger partial charge in [-0.15, -0.1) is 0 Å². The predicted octanol–water partition coefficient (Wildman–Crippen LogP) is 5.14. The number of likely N-dealkylation sites (tertiary alicyclic amines) is 1. The van der Waals surface area contributed by atoms with Crippen LogP contribution in [0.5, 0.6) is 0 Å². The molecule has 0 spiro atoms. The molecule has 0 aromatic carbocycles. The average molecular weight is 425 g/mol. The third kappa shape index (κ3) is 6.26. The Balaban J connectivity index is 1.65. The van der Waals surface area contributed by atoms with Gasteiger partial charge in [0.2, 0.25) is 0 Å². The maximum Gasteiger partial charge on any atom is 0.407 e. The van der Waals surface area contributed by atoms with E-state index in [0.717, 1.165) is 37.8 Å². The van der Waals surface area contributed by atoms with Gasteiger partial charge in [0.1, 0.15) is 5.60 Å². The summed E-state index contributed by atoms with van der Waals surface area (Å²) in [6.45, 7) is 8.34. The van der Waals surface area contributed by atoms with Crippen LogP contribution in [0.2, 0.25) is 0 Å². The fourth-order valence-electron chi connectivity index (χ4n) is 4.38. The number of hydrogen-bond acceptors (Lipinski definition) is 5. The lowest BCUT2D eigenvalue weighted by atomic mass is 9.89. The van der Waals surface area contributed by atoms with Gasteiger partial charge in [-0.3, -0.25) is 14.9 Å². The fraction of sp³-hybridized carbons (Fsp3) is 0.560. The third-order valence-corrected chi connectivity index (χ3v) is 5.84. The van der Waals surface area contributed by atoms with E-state index in [1.54, 1.807) is 0 Å². The molecule has 0 unspecified atom stereocenters. The number of amides is 1. The standard InChI is InChI=1S/C25H36N4O2/c1-18-10-7-15-26-22(18)20-13-6-14-21(29(20)5)23-19(11-8-16-27-23)12-9-17-28-24(30)31-25(2,3)4/h7-8,10-11,15-16,20-21H,6,9,12-14,17H2,1-5H3,(H,28,30)/t20-,21+/m0/s1. The molecule has 1 aliphatic heterocycles. The zero-order chi connectivity index (χ0) is 22.4. The van der Waals surface area contributed by atoms with Gasteiger partial charge in [0.05, 0.1) is 23.5 Å². The smallest absolute Gasteiger partial charge is 0.407 e. The molecule has 1 N–H and O–H groups in total. The van der Waals surface area contributed by atoms with Crippen molar-refractivity contribution in [3.63, 3.8) is 0 Å². The molecular formula is C25H36N4O2. The van der Waals surface area contributed by atoms with Crippen LogP contribution in [0.3, 0.4) is 0 Å². The lowest BCUT2D eigenvalue weighted by Gasteiger charge is -2.40. The van der Waals surface area contributed by atoms with E-state index < -0.39 is 5.60 Å². The minimum Gasteiger partial charge on any atom is -0.444 e. The number of carbonyl (C=O) groups excluding carboxylic acids is 1. The maximum atomic E-state index is 11.9. The number of carbonyl (C=O) groups is 1. The molecule has 0 saturated carbocycles. The van der Waals surface area contributed by atoms with Crippen LogP contribution in [0.15, 0.2) is 36.7 Å². The molecule has 6 nitrogen and oxygen atoms in total. The molecule has 1 saturated heterocycles. The second-order valence-electron chi connectivity index (χ2n) is 9.41. The zero-order valence-electron chi connectivity index (χ0n) is 19.5. The van der Waals surface area contributed by atoms with E-state index >= 15 is 0 Å². The van der Waals surface area contributed by atoms with Crippen molar-refractivity contribution in [2.75, 3.05) is 13.6 Å². The van der Waals surface area contributed by atoms with Crippen molar-refractivity contribution in [3.8, 4) is 0 Å². The topological polar surface area (TPSA) is 67.3 Å². The highest BCUT2D eigenvalue weighted by Crippen LogP contribution is 2.40. The van der Waals surface area contributed by atoms with E-state index in [4.69, 9.17) is 14.7 Å². The zero-order valence-corrected chi connectivity index (χ0v) is 19.5. The highest BCUT2D eigenvalue weighted by Gasteiger charge is 2.32. The Bertz CT molecular complexity index is 878. The Labute approximate surface area is 186 Å². The second kappa shape index (κ2) is 10.2. The first-order chi connectivity index (χ1) is 14.8. The summed E-state index contributed by atoms with van der Waals surface area (Å²) in [5.74, 6) is 0. The Morgan fingerprint density at radius 2 is 1.77 bits per heavy atom. The number of aromatic nitrogens is 2. The molecule has 31 heavy (non-hydrogen) atoms. The van der Waals surface area contributed by atoms with Crippen LogP contribution in [-0.4, -0.2) is 40.2 Å². The first-order valence-electron chi connectivity index (χ1n) is 11.3. The number of ether oxygens (including phenoxy) is 1. The minimum atomic E-state index is -0.478. The summed E-state index contributed by atoms with van der Waals surface area (Å²) >= 11 is 0. The van der Waals surface area contributed by atoms with Gasteiger partial charge in [0, 0.05) is 18.9 Å². The van der Waals surface area contributed by atoms with Crippen molar-refractivity contribution in [3.05, 3.63) is 59.2 Å². The van der Waals surface area contributed by atoms with Gasteiger partial charge in [-0.1, -0.05) is 12.1 Å². The molecule has 0 aliphatic carbocycles. The predicted molar refractivity (Wildman–Crippen MR) is 123 cm³/mol. The van der Waals surface area contributed by atoms with E-state index in [2.05, 4.69) is 36.3 Å². The van der Waals surface area contributed by atoms with Crippen LogP contribution in [0.4, 0.5) is 4.79 Å². The minimum absolute atomic E-state index is 0.273. The number of alkyl carbamates (subject to hydrolysis) is 1. The van der Waals surface area contributed by atoms with Crippen LogP contribution in [0, 0.1) is 6.92 Å². The van der Waals surface area contributed by atoms with Crippen molar-refractivity contribution in [2.45, 2.75) is 77.5 Å². The van der Waals surface area contributed by atoms with E-state index in [9.17, 15) is 4.79 Å². The van der Waals surface area contributed by atoms with E-state index in [0.29, 0.717) is 12.6 Å². The SMILES string of the molecule is Cc1cccnc1[C@@H]1CCC[C@H](c2ncccc2CCCNC(=O)OC(C)(C)C)N1C. The molecule has 1 aliphatic rings. The average Bonchev–Trinajstić information content (AvgIpc) is 2.71. The lowest BCUT2D eigenvalue weighted by Crippen LogP contribution is -2.35. The van der Waals surface area contributed by atoms with Crippen LogP contribution in [0.1, 0.15) is 81.1 Å². The van der Waals surface area contributed by atoms with Crippen LogP contribution in [0.25, 0.3) is 0 Å². The van der Waals surface area contributed by atoms with Gasteiger partial charge in [-0.2, -0.15) is 0 Å².